The molecule has 0 fully saturated rings. The number of aliphatic imine (C=N–C) groups is 1. The van der Waals surface area contributed by atoms with E-state index in [-0.39, 0.29) is 12.3 Å². The molecule has 62 heavy (non-hydrogen) atoms. The largest absolute Gasteiger partial charge is 0.454 e. The minimum Gasteiger partial charge on any atom is -0.454 e. The van der Waals surface area contributed by atoms with Crippen LogP contribution in [0.5, 0.6) is 0 Å². The van der Waals surface area contributed by atoms with E-state index in [9.17, 15) is 0 Å². The van der Waals surface area contributed by atoms with Crippen LogP contribution >= 0.6 is 0 Å². The topological polar surface area (TPSA) is 54.5 Å². The predicted octanol–water partition coefficient (Wildman–Crippen LogP) is 14.0. The summed E-state index contributed by atoms with van der Waals surface area (Å²) in [7, 11) is 0. The fraction of sp³-hybridized carbons (Fsp3) is 0.0351. The van der Waals surface area contributed by atoms with Gasteiger partial charge in [0.05, 0.1) is 16.7 Å². The molecule has 0 spiro atoms. The summed E-state index contributed by atoms with van der Waals surface area (Å²) in [6, 6.07) is 77.4. The maximum atomic E-state index is 6.97. The number of hydrogen-bond acceptors (Lipinski definition) is 4. The molecule has 2 atom stereocenters. The van der Waals surface area contributed by atoms with Crippen molar-refractivity contribution in [3.05, 3.63) is 235 Å². The molecule has 0 aliphatic carbocycles. The van der Waals surface area contributed by atoms with Gasteiger partial charge in [0.2, 0.25) is 0 Å². The molecule has 1 aliphatic rings. The van der Waals surface area contributed by atoms with E-state index < -0.39 is 0 Å². The molecule has 5 nitrogen and oxygen atoms in total. The van der Waals surface area contributed by atoms with Crippen LogP contribution < -0.4 is 10.6 Å². The average Bonchev–Trinajstić information content (AvgIpc) is 3.91. The first kappa shape index (κ1) is 35.9. The SMILES string of the molecule is c1ccc(-c2ccc(C3=NC(c4cccc5oc6c(-n7c8ccccc8c8ccc(-c9ccccc9)cc87)cccc6c45)NC(c4ccc(-c5ccccc5)cc4)N3)cc2)cc1. The van der Waals surface area contributed by atoms with E-state index in [1.54, 1.807) is 0 Å². The van der Waals surface area contributed by atoms with Crippen molar-refractivity contribution in [3.8, 4) is 39.1 Å². The molecule has 0 saturated carbocycles. The maximum absolute atomic E-state index is 6.97. The number of benzene rings is 9. The van der Waals surface area contributed by atoms with Gasteiger partial charge in [-0.1, -0.05) is 194 Å². The van der Waals surface area contributed by atoms with Gasteiger partial charge >= 0.3 is 0 Å². The lowest BCUT2D eigenvalue weighted by atomic mass is 9.99. The molecule has 2 aromatic heterocycles. The van der Waals surface area contributed by atoms with Crippen molar-refractivity contribution in [2.45, 2.75) is 12.3 Å². The molecule has 2 unspecified atom stereocenters. The summed E-state index contributed by atoms with van der Waals surface area (Å²) in [6.07, 6.45) is -0.597. The summed E-state index contributed by atoms with van der Waals surface area (Å²) in [5.74, 6) is 0.829. The Morgan fingerprint density at radius 2 is 0.984 bits per heavy atom. The molecule has 0 bridgehead atoms. The summed E-state index contributed by atoms with van der Waals surface area (Å²) >= 11 is 0. The average molecular weight is 797 g/mol. The summed E-state index contributed by atoms with van der Waals surface area (Å²) in [5, 5.41) is 12.2. The smallest absolute Gasteiger partial charge is 0.159 e. The summed E-state index contributed by atoms with van der Waals surface area (Å²) in [5.41, 5.74) is 15.2. The van der Waals surface area contributed by atoms with Gasteiger partial charge in [0.1, 0.15) is 23.8 Å². The van der Waals surface area contributed by atoms with Gasteiger partial charge in [-0.15, -0.1) is 0 Å². The number of rotatable bonds is 7. The van der Waals surface area contributed by atoms with E-state index in [0.29, 0.717) is 0 Å². The van der Waals surface area contributed by atoms with Gasteiger partial charge in [-0.2, -0.15) is 0 Å². The molecule has 294 valence electrons. The van der Waals surface area contributed by atoms with Crippen molar-refractivity contribution >= 4 is 49.6 Å². The number of furan rings is 1. The molecule has 3 heterocycles. The van der Waals surface area contributed by atoms with Crippen LogP contribution in [-0.4, -0.2) is 10.4 Å². The zero-order chi connectivity index (χ0) is 41.0. The van der Waals surface area contributed by atoms with Crippen LogP contribution in [0.3, 0.4) is 0 Å². The number of hydrogen-bond donors (Lipinski definition) is 2. The Bertz CT molecular complexity index is 3440. The second kappa shape index (κ2) is 14.9. The van der Waals surface area contributed by atoms with Crippen molar-refractivity contribution in [2.75, 3.05) is 0 Å². The van der Waals surface area contributed by atoms with E-state index in [0.717, 1.165) is 61.2 Å². The highest BCUT2D eigenvalue weighted by Gasteiger charge is 2.29. The number of fused-ring (bicyclic) bond motifs is 6. The normalized spacial score (nSPS) is 15.3. The van der Waals surface area contributed by atoms with Crippen LogP contribution in [0, 0.1) is 0 Å². The molecule has 0 radical (unpaired) electrons. The van der Waals surface area contributed by atoms with Crippen molar-refractivity contribution in [3.63, 3.8) is 0 Å². The lowest BCUT2D eigenvalue weighted by Crippen LogP contribution is -2.45. The molecule has 5 heteroatoms. The molecular formula is C57H40N4O. The molecule has 2 N–H and O–H groups in total. The maximum Gasteiger partial charge on any atom is 0.159 e. The monoisotopic (exact) mass is 796 g/mol. The number of nitrogens with zero attached hydrogens (tertiary/aromatic N) is 2. The fourth-order valence-corrected chi connectivity index (χ4v) is 9.29. The number of amidine groups is 1. The standard InChI is InChI=1S/C57H40N4O/c1-4-14-37(15-5-1)40-26-30-42(31-27-40)55-58-56(43-32-28-41(29-33-43)38-16-6-2-7-17-38)60-57(59-55)48-22-13-25-52-53(48)47-21-12-24-50(54(47)62-52)61-49-23-11-10-20-45(49)46-35-34-44(36-51(46)61)39-18-8-3-9-19-39/h1-36,55,57,59H,(H,58,60). The molecule has 11 aromatic rings. The van der Waals surface area contributed by atoms with Gasteiger partial charge in [-0.25, -0.2) is 4.99 Å². The van der Waals surface area contributed by atoms with E-state index in [1.165, 1.54) is 44.2 Å². The highest BCUT2D eigenvalue weighted by Crippen LogP contribution is 2.42. The van der Waals surface area contributed by atoms with Gasteiger partial charge in [0.15, 0.2) is 5.58 Å². The first-order valence-electron chi connectivity index (χ1n) is 21.2. The predicted molar refractivity (Wildman–Crippen MR) is 256 cm³/mol. The van der Waals surface area contributed by atoms with E-state index in [4.69, 9.17) is 9.41 Å². The zero-order valence-electron chi connectivity index (χ0n) is 33.7. The van der Waals surface area contributed by atoms with Gasteiger partial charge < -0.3 is 14.3 Å². The highest BCUT2D eigenvalue weighted by molar-refractivity contribution is 6.14. The molecule has 12 rings (SSSR count). The first-order valence-corrected chi connectivity index (χ1v) is 21.2. The second-order valence-electron chi connectivity index (χ2n) is 16.0. The van der Waals surface area contributed by atoms with E-state index in [1.807, 2.05) is 0 Å². The summed E-state index contributed by atoms with van der Waals surface area (Å²) in [6.45, 7) is 0. The third-order valence-electron chi connectivity index (χ3n) is 12.3. The number of para-hydroxylation sites is 2. The Balaban J connectivity index is 1.00. The lowest BCUT2D eigenvalue weighted by molar-refractivity contribution is 0.410. The van der Waals surface area contributed by atoms with Crippen molar-refractivity contribution < 1.29 is 4.42 Å². The minimum atomic E-state index is -0.381. The Kier molecular flexibility index (Phi) is 8.65. The van der Waals surface area contributed by atoms with Crippen LogP contribution in [-0.2, 0) is 0 Å². The molecule has 0 saturated heterocycles. The third-order valence-corrected chi connectivity index (χ3v) is 12.3. The number of aromatic nitrogens is 1. The lowest BCUT2D eigenvalue weighted by Gasteiger charge is -2.32. The van der Waals surface area contributed by atoms with Gasteiger partial charge in [0.25, 0.3) is 0 Å². The Morgan fingerprint density at radius 3 is 1.69 bits per heavy atom. The van der Waals surface area contributed by atoms with Crippen molar-refractivity contribution in [1.82, 2.24) is 15.2 Å². The van der Waals surface area contributed by atoms with Crippen LogP contribution in [0.25, 0.3) is 82.8 Å². The molecule has 0 amide bonds. The van der Waals surface area contributed by atoms with E-state index in [2.05, 4.69) is 234 Å². The molecular weight excluding hydrogens is 757 g/mol. The quantitative estimate of drug-likeness (QED) is 0.169. The van der Waals surface area contributed by atoms with Crippen LogP contribution in [0.15, 0.2) is 228 Å². The molecule has 9 aromatic carbocycles. The Morgan fingerprint density at radius 1 is 0.435 bits per heavy atom. The van der Waals surface area contributed by atoms with Gasteiger partial charge in [-0.05, 0) is 63.2 Å². The van der Waals surface area contributed by atoms with Crippen molar-refractivity contribution in [1.29, 1.82) is 0 Å². The molecule has 1 aliphatic heterocycles. The fourth-order valence-electron chi connectivity index (χ4n) is 9.29. The Labute approximate surface area is 359 Å². The zero-order valence-corrected chi connectivity index (χ0v) is 33.7. The summed E-state index contributed by atoms with van der Waals surface area (Å²) in [4.78, 5) is 5.44. The van der Waals surface area contributed by atoms with Crippen LogP contribution in [0.2, 0.25) is 0 Å². The van der Waals surface area contributed by atoms with E-state index >= 15 is 0 Å². The second-order valence-corrected chi connectivity index (χ2v) is 16.0. The summed E-state index contributed by atoms with van der Waals surface area (Å²) < 4.78 is 9.34. The minimum absolute atomic E-state index is 0.216. The highest BCUT2D eigenvalue weighted by atomic mass is 16.3. The first-order chi connectivity index (χ1) is 30.7. The number of nitrogens with one attached hydrogen (secondary N) is 2. The van der Waals surface area contributed by atoms with Gasteiger partial charge in [-0.3, -0.25) is 5.32 Å². The third kappa shape index (κ3) is 6.18. The Hall–Kier alpha value is -7.99. The van der Waals surface area contributed by atoms with Crippen LogP contribution in [0.1, 0.15) is 29.0 Å². The van der Waals surface area contributed by atoms with Gasteiger partial charge in [0, 0.05) is 32.7 Å². The van der Waals surface area contributed by atoms with Crippen molar-refractivity contribution in [2.24, 2.45) is 4.99 Å². The van der Waals surface area contributed by atoms with Crippen LogP contribution in [0.4, 0.5) is 0 Å².